The van der Waals surface area contributed by atoms with E-state index in [1.807, 2.05) is 47.1 Å². The van der Waals surface area contributed by atoms with Gasteiger partial charge in [0.15, 0.2) is 5.82 Å². The molecule has 3 heterocycles. The van der Waals surface area contributed by atoms with Crippen molar-refractivity contribution in [1.82, 2.24) is 19.9 Å². The summed E-state index contributed by atoms with van der Waals surface area (Å²) in [5, 5.41) is 17.3. The highest BCUT2D eigenvalue weighted by Gasteiger charge is 2.34. The molecule has 1 aliphatic heterocycles. The molecule has 1 aliphatic rings. The van der Waals surface area contributed by atoms with E-state index in [1.165, 1.54) is 5.56 Å². The van der Waals surface area contributed by atoms with E-state index in [0.717, 1.165) is 28.0 Å². The molecule has 1 saturated heterocycles. The van der Waals surface area contributed by atoms with Crippen molar-refractivity contribution in [2.45, 2.75) is 32.9 Å². The van der Waals surface area contributed by atoms with Gasteiger partial charge in [-0.05, 0) is 50.1 Å². The van der Waals surface area contributed by atoms with Gasteiger partial charge in [-0.2, -0.15) is 5.10 Å². The van der Waals surface area contributed by atoms with E-state index >= 15 is 0 Å². The monoisotopic (exact) mass is 485 g/mol. The zero-order valence-corrected chi connectivity index (χ0v) is 20.8. The number of carbonyl (C=O) groups is 1. The highest BCUT2D eigenvalue weighted by atomic mass is 16.5. The Morgan fingerprint density at radius 1 is 1.11 bits per heavy atom. The molecule has 1 amide bonds. The van der Waals surface area contributed by atoms with Gasteiger partial charge < -0.3 is 20.1 Å². The number of fused-ring (bicyclic) bond motifs is 1. The van der Waals surface area contributed by atoms with Gasteiger partial charge in [0.1, 0.15) is 24.2 Å². The van der Waals surface area contributed by atoms with E-state index in [-0.39, 0.29) is 18.4 Å². The second kappa shape index (κ2) is 9.62. The lowest BCUT2D eigenvalue weighted by Crippen LogP contribution is -2.54. The molecule has 4 aromatic rings. The minimum absolute atomic E-state index is 0.0589. The molecule has 0 saturated carbocycles. The number of hydrogen-bond acceptors (Lipinski definition) is 6. The Morgan fingerprint density at radius 3 is 2.53 bits per heavy atom. The van der Waals surface area contributed by atoms with Gasteiger partial charge >= 0.3 is 0 Å². The maximum Gasteiger partial charge on any atom is 0.226 e. The van der Waals surface area contributed by atoms with Crippen molar-refractivity contribution in [3.05, 3.63) is 78.2 Å². The Kier molecular flexibility index (Phi) is 6.36. The van der Waals surface area contributed by atoms with Crippen LogP contribution >= 0.6 is 0 Å². The minimum Gasteiger partial charge on any atom is -0.491 e. The first-order chi connectivity index (χ1) is 17.2. The first kappa shape index (κ1) is 23.8. The number of amides is 1. The Morgan fingerprint density at radius 2 is 1.83 bits per heavy atom. The van der Waals surface area contributed by atoms with Crippen LogP contribution in [0.1, 0.15) is 25.0 Å². The number of benzene rings is 2. The van der Waals surface area contributed by atoms with E-state index in [0.29, 0.717) is 25.4 Å². The van der Waals surface area contributed by atoms with Gasteiger partial charge in [0.05, 0.1) is 11.5 Å². The molecule has 2 aromatic carbocycles. The van der Waals surface area contributed by atoms with Gasteiger partial charge in [-0.3, -0.25) is 4.79 Å². The van der Waals surface area contributed by atoms with Crippen molar-refractivity contribution in [1.29, 1.82) is 0 Å². The fourth-order valence-corrected chi connectivity index (χ4v) is 4.18. The lowest BCUT2D eigenvalue weighted by Gasteiger charge is -2.39. The summed E-state index contributed by atoms with van der Waals surface area (Å²) in [4.78, 5) is 19.3. The maximum atomic E-state index is 12.6. The highest BCUT2D eigenvalue weighted by molar-refractivity contribution is 5.84. The van der Waals surface area contributed by atoms with Crippen LogP contribution in [0.5, 0.6) is 5.75 Å². The third kappa shape index (κ3) is 5.33. The Balaban J connectivity index is 1.23. The zero-order valence-electron chi connectivity index (χ0n) is 20.8. The lowest BCUT2D eigenvalue weighted by molar-refractivity contribution is -0.125. The minimum atomic E-state index is -0.884. The molecule has 8 heteroatoms. The van der Waals surface area contributed by atoms with E-state index in [4.69, 9.17) is 4.74 Å². The molecule has 1 fully saturated rings. The van der Waals surface area contributed by atoms with Crippen LogP contribution in [0.3, 0.4) is 0 Å². The van der Waals surface area contributed by atoms with Crippen LogP contribution in [0.25, 0.3) is 16.6 Å². The summed E-state index contributed by atoms with van der Waals surface area (Å²) in [6, 6.07) is 18.0. The molecular weight excluding hydrogens is 454 g/mol. The van der Waals surface area contributed by atoms with Gasteiger partial charge in [-0.15, -0.1) is 0 Å². The zero-order chi connectivity index (χ0) is 25.3. The van der Waals surface area contributed by atoms with Crippen LogP contribution in [-0.4, -0.2) is 50.9 Å². The molecule has 0 radical (unpaired) electrons. The highest BCUT2D eigenvalue weighted by Crippen LogP contribution is 2.31. The third-order valence-electron chi connectivity index (χ3n) is 6.30. The molecule has 186 valence electrons. The number of ether oxygens (including phenoxy) is 1. The standard InChI is InChI=1S/C28H31N5O3/c1-19-4-6-20(7-5-19)13-29-27(34)23-14-32(15-23)26-25-12-22(16-33(25)31-18-30-26)21-8-10-24(11-9-21)36-17-28(2,3)35/h4-12,16,18,23,35H,13-15,17H2,1-3H3,(H,29,34). The molecule has 0 unspecified atom stereocenters. The summed E-state index contributed by atoms with van der Waals surface area (Å²) in [5.41, 5.74) is 4.36. The van der Waals surface area contributed by atoms with Crippen LogP contribution in [0, 0.1) is 12.8 Å². The van der Waals surface area contributed by atoms with E-state index < -0.39 is 5.60 Å². The Labute approximate surface area is 210 Å². The molecule has 0 bridgehead atoms. The smallest absolute Gasteiger partial charge is 0.226 e. The van der Waals surface area contributed by atoms with Gasteiger partial charge in [0.2, 0.25) is 5.91 Å². The number of aliphatic hydroxyl groups is 1. The molecule has 0 spiro atoms. The van der Waals surface area contributed by atoms with E-state index in [9.17, 15) is 9.90 Å². The summed E-state index contributed by atoms with van der Waals surface area (Å²) in [6.45, 7) is 7.49. The maximum absolute atomic E-state index is 12.6. The van der Waals surface area contributed by atoms with E-state index in [2.05, 4.69) is 45.4 Å². The van der Waals surface area contributed by atoms with Gasteiger partial charge in [-0.1, -0.05) is 42.0 Å². The van der Waals surface area contributed by atoms with Crippen molar-refractivity contribution >= 4 is 17.2 Å². The average molecular weight is 486 g/mol. The normalized spacial score (nSPS) is 14.1. The Bertz CT molecular complexity index is 1350. The molecule has 5 rings (SSSR count). The molecular formula is C28H31N5O3. The predicted molar refractivity (Wildman–Crippen MR) is 139 cm³/mol. The molecule has 8 nitrogen and oxygen atoms in total. The second-order valence-electron chi connectivity index (χ2n) is 10.1. The first-order valence-corrected chi connectivity index (χ1v) is 12.1. The average Bonchev–Trinajstić information content (AvgIpc) is 3.26. The molecule has 2 N–H and O–H groups in total. The van der Waals surface area contributed by atoms with Gasteiger partial charge in [0.25, 0.3) is 0 Å². The van der Waals surface area contributed by atoms with Crippen LogP contribution in [-0.2, 0) is 11.3 Å². The number of carbonyl (C=O) groups excluding carboxylic acids is 1. The summed E-state index contributed by atoms with van der Waals surface area (Å²) < 4.78 is 7.47. The summed E-state index contributed by atoms with van der Waals surface area (Å²) in [5.74, 6) is 1.54. The van der Waals surface area contributed by atoms with Crippen LogP contribution in [0.4, 0.5) is 5.82 Å². The second-order valence-corrected chi connectivity index (χ2v) is 10.1. The molecule has 0 aliphatic carbocycles. The Hall–Kier alpha value is -3.91. The number of hydrogen-bond donors (Lipinski definition) is 2. The van der Waals surface area contributed by atoms with Crippen molar-refractivity contribution in [2.75, 3.05) is 24.6 Å². The number of nitrogens with one attached hydrogen (secondary N) is 1. The molecule has 36 heavy (non-hydrogen) atoms. The third-order valence-corrected chi connectivity index (χ3v) is 6.30. The topological polar surface area (TPSA) is 92.0 Å². The number of anilines is 1. The van der Waals surface area contributed by atoms with Gasteiger partial charge in [-0.25, -0.2) is 9.50 Å². The largest absolute Gasteiger partial charge is 0.491 e. The van der Waals surface area contributed by atoms with E-state index in [1.54, 1.807) is 20.2 Å². The quantitative estimate of drug-likeness (QED) is 0.396. The summed E-state index contributed by atoms with van der Waals surface area (Å²) in [6.07, 6.45) is 3.52. The number of aromatic nitrogens is 3. The predicted octanol–water partition coefficient (Wildman–Crippen LogP) is 3.61. The lowest BCUT2D eigenvalue weighted by atomic mass is 9.99. The first-order valence-electron chi connectivity index (χ1n) is 12.1. The van der Waals surface area contributed by atoms with Crippen LogP contribution < -0.4 is 15.0 Å². The fourth-order valence-electron chi connectivity index (χ4n) is 4.18. The summed E-state index contributed by atoms with van der Waals surface area (Å²) in [7, 11) is 0. The molecule has 2 aromatic heterocycles. The summed E-state index contributed by atoms with van der Waals surface area (Å²) >= 11 is 0. The SMILES string of the molecule is Cc1ccc(CNC(=O)C2CN(c3ncnn4cc(-c5ccc(OCC(C)(C)O)cc5)cc34)C2)cc1. The van der Waals surface area contributed by atoms with Crippen molar-refractivity contribution in [3.8, 4) is 16.9 Å². The van der Waals surface area contributed by atoms with Crippen molar-refractivity contribution < 1.29 is 14.6 Å². The van der Waals surface area contributed by atoms with Crippen molar-refractivity contribution in [3.63, 3.8) is 0 Å². The van der Waals surface area contributed by atoms with Crippen LogP contribution in [0.15, 0.2) is 67.1 Å². The van der Waals surface area contributed by atoms with Gasteiger partial charge in [0, 0.05) is 31.4 Å². The fraction of sp³-hybridized carbons (Fsp3) is 0.321. The van der Waals surface area contributed by atoms with Crippen LogP contribution in [0.2, 0.25) is 0 Å². The van der Waals surface area contributed by atoms with Crippen molar-refractivity contribution in [2.24, 2.45) is 5.92 Å². The number of aryl methyl sites for hydroxylation is 1. The number of nitrogens with zero attached hydrogens (tertiary/aromatic N) is 4. The molecule has 0 atom stereocenters. The number of rotatable bonds is 8.